The lowest BCUT2D eigenvalue weighted by atomic mass is 10.2. The minimum atomic E-state index is -2.74. The quantitative estimate of drug-likeness (QED) is 0.0295. The highest BCUT2D eigenvalue weighted by Gasteiger charge is 2.29. The smallest absolute Gasteiger partial charge is 0.415 e. The molecule has 0 saturated carbocycles. The van der Waals surface area contributed by atoms with Crippen molar-refractivity contribution in [3.63, 3.8) is 0 Å². The molecule has 3 fully saturated rings. The number of rotatable bonds is 23. The molecule has 3 aliphatic rings. The first-order valence-corrected chi connectivity index (χ1v) is 33.7. The number of pyridine rings is 3. The summed E-state index contributed by atoms with van der Waals surface area (Å²) < 4.78 is 113. The Hall–Kier alpha value is -11.3. The van der Waals surface area contributed by atoms with Crippen molar-refractivity contribution in [2.75, 3.05) is 113 Å². The van der Waals surface area contributed by atoms with Gasteiger partial charge in [-0.25, -0.2) is 44.3 Å². The number of aromatic nitrogens is 12. The van der Waals surface area contributed by atoms with Gasteiger partial charge in [0.05, 0.1) is 70.4 Å². The molecule has 35 nitrogen and oxygen atoms in total. The summed E-state index contributed by atoms with van der Waals surface area (Å²) in [5.74, 6) is -0.867. The zero-order valence-corrected chi connectivity index (χ0v) is 59.6. The van der Waals surface area contributed by atoms with Crippen LogP contribution in [0.4, 0.5) is 61.6 Å². The normalized spacial score (nSPS) is 17.0. The molecule has 0 spiro atoms. The summed E-state index contributed by atoms with van der Waals surface area (Å²) in [4.78, 5) is 90.8. The van der Waals surface area contributed by atoms with Gasteiger partial charge in [-0.05, 0) is 142 Å². The van der Waals surface area contributed by atoms with E-state index in [-0.39, 0.29) is 92.8 Å². The molecule has 3 saturated heterocycles. The molecule has 9 N–H and O–H groups in total. The molecule has 562 valence electrons. The molecule has 9 aromatic heterocycles. The molecule has 0 radical (unpaired) electrons. The van der Waals surface area contributed by atoms with Crippen LogP contribution in [-0.2, 0) is 23.7 Å². The summed E-state index contributed by atoms with van der Waals surface area (Å²) >= 11 is 0. The van der Waals surface area contributed by atoms with Gasteiger partial charge in [-0.3, -0.25) is 19.4 Å². The molecule has 0 bridgehead atoms. The number of nitrogens with one attached hydrogen (secondary N) is 6. The monoisotopic (exact) mass is 1460 g/mol. The minimum absolute atomic E-state index is 0.0555. The molecular weight excluding hydrogens is 1360 g/mol. The molecule has 12 rings (SSSR count). The minimum Gasteiger partial charge on any atom is -0.480 e. The van der Waals surface area contributed by atoms with Crippen LogP contribution in [0.5, 0.6) is 17.6 Å². The van der Waals surface area contributed by atoms with Crippen LogP contribution in [0.3, 0.4) is 0 Å². The van der Waals surface area contributed by atoms with Gasteiger partial charge >= 0.3 is 18.2 Å². The van der Waals surface area contributed by atoms with E-state index in [4.69, 9.17) is 56.0 Å². The van der Waals surface area contributed by atoms with Crippen molar-refractivity contribution < 1.29 is 79.3 Å². The van der Waals surface area contributed by atoms with Crippen LogP contribution in [-0.4, -0.2) is 205 Å². The van der Waals surface area contributed by atoms with E-state index in [0.29, 0.717) is 54.1 Å². The lowest BCUT2D eigenvalue weighted by molar-refractivity contribution is 0.0577. The van der Waals surface area contributed by atoms with Crippen molar-refractivity contribution in [1.29, 1.82) is 0 Å². The largest absolute Gasteiger partial charge is 0.480 e. The Morgan fingerprint density at radius 3 is 1.30 bits per heavy atom. The van der Waals surface area contributed by atoms with Crippen LogP contribution in [0.25, 0.3) is 16.9 Å². The highest BCUT2D eigenvalue weighted by molar-refractivity contribution is 6.01. The Bertz CT molecular complexity index is 4780. The van der Waals surface area contributed by atoms with Gasteiger partial charge in [0, 0.05) is 90.8 Å². The number of methoxy groups -OCH3 is 3. The first kappa shape index (κ1) is 65.7. The zero-order valence-electron chi connectivity index (χ0n) is 68.6. The average Bonchev–Trinajstić information content (AvgIpc) is 1.58. The molecular formula is C70H93N21O14. The van der Waals surface area contributed by atoms with Gasteiger partial charge in [0.15, 0.2) is 16.9 Å². The molecule has 0 aliphatic carbocycles. The topological polar surface area (TPSA) is 413 Å². The lowest BCUT2D eigenvalue weighted by Gasteiger charge is -2.25. The van der Waals surface area contributed by atoms with Crippen LogP contribution < -0.4 is 61.6 Å². The van der Waals surface area contributed by atoms with Crippen LogP contribution in [0.15, 0.2) is 91.8 Å². The maximum atomic E-state index is 13.1. The van der Waals surface area contributed by atoms with Gasteiger partial charge in [0.25, 0.3) is 11.8 Å². The zero-order chi connectivity index (χ0) is 82.9. The molecule has 12 heterocycles. The maximum Gasteiger partial charge on any atom is 0.415 e. The molecule has 3 atom stereocenters. The number of hydrogen-bond donors (Lipinski definition) is 8. The second kappa shape index (κ2) is 36.2. The van der Waals surface area contributed by atoms with Crippen LogP contribution in [0.1, 0.15) is 143 Å². The highest BCUT2D eigenvalue weighted by atomic mass is 16.6. The average molecular weight is 1460 g/mol. The standard InChI is InChI=1S/C25H33N7O5.C20H25N7O3.C19H22N6O5.C6H13NO/c1-25(2,3)37-24(34)31(4)20-14-19(29-18-9-6-11-27-23(18)35-5)30-21-17(15-28-32(20)21)22(33)26-12-10-16-8-7-13-36-16;1-21-17-11-16(25-15-6-3-8-23-20(15)29-2)26-18-14(12-24-27(17)18)19(28)22-9-7-13-5-4-10-30-13;1-19(2,3)30-18(28)24(4)14-9-13(22-12-7-6-8-20-16(12)29-5)23-15-11(17(26)27)10-21-25(14)15;7-4-3-6-2-1-5-8-6/h6,9,11,14-16H,7-8,10,12-13H2,1-5H3,(H,26,33)(H,29,30);3,6,8,11-13,21H,4-5,7,9-10H2,1-2H3,(H,22,28)(H,25,26);6-10H,1-5H3,(H,22,23)(H,26,27);6H,1-5,7H2/i5D3;2D3;5D3;. The third-order valence-electron chi connectivity index (χ3n) is 15.8. The van der Waals surface area contributed by atoms with Crippen molar-refractivity contribution in [3.05, 3.63) is 108 Å². The fourth-order valence-electron chi connectivity index (χ4n) is 10.8. The van der Waals surface area contributed by atoms with Crippen molar-refractivity contribution in [2.24, 2.45) is 5.73 Å². The molecule has 4 amide bonds. The van der Waals surface area contributed by atoms with E-state index in [1.165, 1.54) is 94.6 Å². The Kier molecular flexibility index (Phi) is 22.7. The van der Waals surface area contributed by atoms with E-state index in [0.717, 1.165) is 76.0 Å². The molecule has 3 unspecified atom stereocenters. The van der Waals surface area contributed by atoms with Gasteiger partial charge in [-0.1, -0.05) is 0 Å². The number of carboxylic acid groups (broad SMARTS) is 1. The van der Waals surface area contributed by atoms with Crippen molar-refractivity contribution in [1.82, 2.24) is 69.4 Å². The van der Waals surface area contributed by atoms with Gasteiger partial charge in [-0.2, -0.15) is 28.8 Å². The van der Waals surface area contributed by atoms with E-state index < -0.39 is 56.4 Å². The fraction of sp³-hybridized carbons (Fsp3) is 0.457. The number of nitrogens with zero attached hydrogens (tertiary/aromatic N) is 14. The maximum absolute atomic E-state index is 13.1. The number of ether oxygens (including phenoxy) is 8. The van der Waals surface area contributed by atoms with Crippen molar-refractivity contribution in [3.8, 4) is 17.6 Å². The van der Waals surface area contributed by atoms with Crippen LogP contribution >= 0.6 is 0 Å². The van der Waals surface area contributed by atoms with Gasteiger partial charge in [0.2, 0.25) is 17.6 Å². The Morgan fingerprint density at radius 1 is 0.571 bits per heavy atom. The third-order valence-corrected chi connectivity index (χ3v) is 15.8. The molecule has 105 heavy (non-hydrogen) atoms. The first-order chi connectivity index (χ1) is 53.8. The number of carboxylic acids is 1. The first-order valence-electron chi connectivity index (χ1n) is 38.2. The van der Waals surface area contributed by atoms with Crippen molar-refractivity contribution >= 4 is 98.9 Å². The molecule has 0 aromatic carbocycles. The van der Waals surface area contributed by atoms with E-state index in [1.807, 2.05) is 0 Å². The summed E-state index contributed by atoms with van der Waals surface area (Å²) in [5.41, 5.74) is 5.21. The summed E-state index contributed by atoms with van der Waals surface area (Å²) in [6.07, 6.45) is 16.5. The number of anilines is 9. The number of amides is 4. The molecule has 35 heteroatoms. The number of aromatic carboxylic acids is 1. The number of hydrogen-bond acceptors (Lipinski definition) is 27. The summed E-state index contributed by atoms with van der Waals surface area (Å²) in [7, 11) is -3.48. The van der Waals surface area contributed by atoms with Gasteiger partial charge < -0.3 is 80.6 Å². The predicted molar refractivity (Wildman–Crippen MR) is 391 cm³/mol. The van der Waals surface area contributed by atoms with E-state index in [2.05, 4.69) is 77.1 Å². The summed E-state index contributed by atoms with van der Waals surface area (Å²) in [5, 5.41) is 39.8. The second-order valence-electron chi connectivity index (χ2n) is 25.9. The van der Waals surface area contributed by atoms with Gasteiger partial charge in [-0.15, -0.1) is 0 Å². The number of carbonyl (C=O) groups is 5. The number of carbonyl (C=O) groups excluding carboxylic acids is 4. The van der Waals surface area contributed by atoms with Gasteiger partial charge in [0.1, 0.15) is 79.9 Å². The lowest BCUT2D eigenvalue weighted by Crippen LogP contribution is -2.35. The Balaban J connectivity index is 0.000000187. The van der Waals surface area contributed by atoms with E-state index >= 15 is 0 Å². The SMILES string of the molecule is NCCC1CCCO1.[2H]C([2H])([2H])Oc1ncccc1Nc1cc(N(C)C(=O)OC(C)(C)C)n2ncc(C(=O)NCCC3CCCO3)c2n1.[2H]C([2H])([2H])Oc1ncccc1Nc1cc(N(C)C(=O)OC(C)(C)C)n2ncc(C(=O)O)c2n1.[2H]C([2H])([2H])Oc1ncccc1Nc1cc(NC)n2ncc(C(=O)NCCC3CCCO3)c2n1. The Labute approximate surface area is 619 Å². The number of fused-ring (bicyclic) bond motifs is 3. The predicted octanol–water partition coefficient (Wildman–Crippen LogP) is 9.22. The van der Waals surface area contributed by atoms with Crippen LogP contribution in [0.2, 0.25) is 0 Å². The molecule has 3 aliphatic heterocycles. The van der Waals surface area contributed by atoms with E-state index in [1.54, 1.807) is 85.0 Å². The number of nitrogens with two attached hydrogens (primary N) is 1. The fourth-order valence-corrected chi connectivity index (χ4v) is 10.8. The Morgan fingerprint density at radius 2 is 0.943 bits per heavy atom. The van der Waals surface area contributed by atoms with E-state index in [9.17, 15) is 29.1 Å². The van der Waals surface area contributed by atoms with Crippen molar-refractivity contribution in [2.45, 2.75) is 129 Å². The highest BCUT2D eigenvalue weighted by Crippen LogP contribution is 2.32. The summed E-state index contributed by atoms with van der Waals surface area (Å²) in [6.45, 7) is 14.5. The third kappa shape index (κ3) is 21.0. The molecule has 9 aromatic rings. The second-order valence-corrected chi connectivity index (χ2v) is 25.9. The summed E-state index contributed by atoms with van der Waals surface area (Å²) in [6, 6.07) is 14.1. The van der Waals surface area contributed by atoms with Crippen LogP contribution in [0, 0.1) is 0 Å².